The number of ether oxygens (including phenoxy) is 1. The van der Waals surface area contributed by atoms with Gasteiger partial charge in [0.2, 0.25) is 15.9 Å². The molecule has 1 heterocycles. The molecule has 1 aliphatic heterocycles. The summed E-state index contributed by atoms with van der Waals surface area (Å²) in [5.41, 5.74) is 4.62. The lowest BCUT2D eigenvalue weighted by Gasteiger charge is -2.27. The number of hydrogen-bond acceptors (Lipinski definition) is 5. The second-order valence-electron chi connectivity index (χ2n) is 8.68. The smallest absolute Gasteiger partial charge is 0.254 e. The molecule has 1 N–H and O–H groups in total. The average molecular weight is 488 g/mol. The van der Waals surface area contributed by atoms with E-state index in [0.717, 1.165) is 22.4 Å². The molecule has 2 aromatic carbocycles. The number of anilines is 1. The van der Waals surface area contributed by atoms with E-state index in [2.05, 4.69) is 5.32 Å². The van der Waals surface area contributed by atoms with Gasteiger partial charge in [0.25, 0.3) is 5.91 Å². The maximum absolute atomic E-state index is 13.3. The molecule has 1 saturated heterocycles. The number of likely N-dealkylation sites (N-methyl/N-ethyl adjacent to an activating group) is 1. The van der Waals surface area contributed by atoms with Gasteiger partial charge in [0, 0.05) is 31.4 Å². The first kappa shape index (κ1) is 25.9. The van der Waals surface area contributed by atoms with E-state index >= 15 is 0 Å². The van der Waals surface area contributed by atoms with Gasteiger partial charge in [-0.15, -0.1) is 0 Å². The van der Waals surface area contributed by atoms with Crippen molar-refractivity contribution < 1.29 is 22.7 Å². The highest BCUT2D eigenvalue weighted by molar-refractivity contribution is 7.89. The topological polar surface area (TPSA) is 96.0 Å². The van der Waals surface area contributed by atoms with Crippen molar-refractivity contribution in [3.63, 3.8) is 0 Å². The van der Waals surface area contributed by atoms with Crippen LogP contribution in [0.15, 0.2) is 35.2 Å². The van der Waals surface area contributed by atoms with E-state index in [0.29, 0.717) is 25.2 Å². The summed E-state index contributed by atoms with van der Waals surface area (Å²) in [7, 11) is -2.23. The molecule has 34 heavy (non-hydrogen) atoms. The zero-order chi connectivity index (χ0) is 25.0. The van der Waals surface area contributed by atoms with Crippen molar-refractivity contribution in [1.29, 1.82) is 0 Å². The van der Waals surface area contributed by atoms with Crippen molar-refractivity contribution in [2.75, 3.05) is 45.2 Å². The number of carbonyl (C=O) groups is 2. The second-order valence-corrected chi connectivity index (χ2v) is 10.6. The van der Waals surface area contributed by atoms with Crippen molar-refractivity contribution in [2.24, 2.45) is 0 Å². The fraction of sp³-hybridized carbons (Fsp3) is 0.440. The van der Waals surface area contributed by atoms with E-state index in [-0.39, 0.29) is 36.0 Å². The van der Waals surface area contributed by atoms with Gasteiger partial charge in [0.1, 0.15) is 0 Å². The number of nitrogens with zero attached hydrogens (tertiary/aromatic N) is 2. The molecule has 0 aliphatic carbocycles. The SMILES string of the molecule is CCc1ccc(C(=O)N(C)CC(=O)Nc2c(C)cc(C)cc2C)cc1S(=O)(=O)N1CCOCC1. The minimum atomic E-state index is -3.76. The number of benzene rings is 2. The lowest BCUT2D eigenvalue weighted by atomic mass is 10.1. The molecular formula is C25H33N3O5S. The van der Waals surface area contributed by atoms with Gasteiger partial charge < -0.3 is 15.0 Å². The van der Waals surface area contributed by atoms with Gasteiger partial charge in [0.05, 0.1) is 24.7 Å². The summed E-state index contributed by atoms with van der Waals surface area (Å²) in [6.45, 7) is 8.81. The lowest BCUT2D eigenvalue weighted by molar-refractivity contribution is -0.116. The maximum Gasteiger partial charge on any atom is 0.254 e. The Morgan fingerprint density at radius 3 is 2.26 bits per heavy atom. The molecule has 0 unspecified atom stereocenters. The summed E-state index contributed by atoms with van der Waals surface area (Å²) < 4.78 is 33.2. The number of aryl methyl sites for hydroxylation is 4. The van der Waals surface area contributed by atoms with Gasteiger partial charge in [-0.05, 0) is 56.0 Å². The molecule has 0 spiro atoms. The minimum absolute atomic E-state index is 0.131. The maximum atomic E-state index is 13.3. The highest BCUT2D eigenvalue weighted by Gasteiger charge is 2.29. The summed E-state index contributed by atoms with van der Waals surface area (Å²) in [6.07, 6.45) is 0.515. The van der Waals surface area contributed by atoms with Crippen molar-refractivity contribution in [2.45, 2.75) is 39.0 Å². The van der Waals surface area contributed by atoms with Gasteiger partial charge in [-0.3, -0.25) is 9.59 Å². The minimum Gasteiger partial charge on any atom is -0.379 e. The van der Waals surface area contributed by atoms with Crippen molar-refractivity contribution >= 4 is 27.5 Å². The van der Waals surface area contributed by atoms with Crippen molar-refractivity contribution in [3.8, 4) is 0 Å². The summed E-state index contributed by atoms with van der Waals surface area (Å²) in [4.78, 5) is 27.2. The molecule has 0 saturated carbocycles. The predicted molar refractivity (Wildman–Crippen MR) is 132 cm³/mol. The fourth-order valence-electron chi connectivity index (χ4n) is 4.21. The molecule has 184 valence electrons. The summed E-state index contributed by atoms with van der Waals surface area (Å²) >= 11 is 0. The van der Waals surface area contributed by atoms with E-state index in [4.69, 9.17) is 4.74 Å². The molecule has 0 aromatic heterocycles. The van der Waals surface area contributed by atoms with Crippen LogP contribution in [-0.2, 0) is 26.0 Å². The first-order valence-corrected chi connectivity index (χ1v) is 12.8. The molecule has 0 bridgehead atoms. The van der Waals surface area contributed by atoms with Crippen LogP contribution in [0, 0.1) is 20.8 Å². The van der Waals surface area contributed by atoms with Crippen molar-refractivity contribution in [3.05, 3.63) is 58.1 Å². The zero-order valence-electron chi connectivity index (χ0n) is 20.5. The van der Waals surface area contributed by atoms with E-state index in [9.17, 15) is 18.0 Å². The molecule has 1 fully saturated rings. The first-order chi connectivity index (χ1) is 16.0. The second kappa shape index (κ2) is 10.7. The Morgan fingerprint density at radius 1 is 1.06 bits per heavy atom. The Morgan fingerprint density at radius 2 is 1.68 bits per heavy atom. The predicted octanol–water partition coefficient (Wildman–Crippen LogP) is 2.91. The molecule has 2 amide bonds. The third-order valence-electron chi connectivity index (χ3n) is 5.95. The summed E-state index contributed by atoms with van der Waals surface area (Å²) in [5.74, 6) is -0.745. The Balaban J connectivity index is 1.78. The number of sulfonamides is 1. The normalized spacial score (nSPS) is 14.6. The summed E-state index contributed by atoms with van der Waals surface area (Å²) in [5, 5.41) is 2.89. The number of carbonyl (C=O) groups excluding carboxylic acids is 2. The van der Waals surface area contributed by atoms with Crippen LogP contribution in [0.1, 0.15) is 39.5 Å². The van der Waals surface area contributed by atoms with Crippen LogP contribution in [0.2, 0.25) is 0 Å². The van der Waals surface area contributed by atoms with Gasteiger partial charge in [-0.1, -0.05) is 30.7 Å². The van der Waals surface area contributed by atoms with Crippen LogP contribution in [0.4, 0.5) is 5.69 Å². The van der Waals surface area contributed by atoms with E-state index < -0.39 is 15.9 Å². The van der Waals surface area contributed by atoms with Crippen LogP contribution in [0.25, 0.3) is 0 Å². The number of rotatable bonds is 7. The van der Waals surface area contributed by atoms with E-state index in [1.807, 2.05) is 39.8 Å². The standard InChI is InChI=1S/C25H33N3O5S/c1-6-20-7-8-21(15-22(20)34(31,32)28-9-11-33-12-10-28)25(30)27(5)16-23(29)26-24-18(3)13-17(2)14-19(24)4/h7-8,13-15H,6,9-12,16H2,1-5H3,(H,26,29). The van der Waals surface area contributed by atoms with E-state index in [1.54, 1.807) is 12.1 Å². The van der Waals surface area contributed by atoms with Crippen molar-refractivity contribution in [1.82, 2.24) is 9.21 Å². The first-order valence-electron chi connectivity index (χ1n) is 11.4. The molecule has 8 nitrogen and oxygen atoms in total. The van der Waals surface area contributed by atoms with Crippen LogP contribution >= 0.6 is 0 Å². The number of hydrogen-bond donors (Lipinski definition) is 1. The number of morpholine rings is 1. The summed E-state index contributed by atoms with van der Waals surface area (Å²) in [6, 6.07) is 8.69. The van der Waals surface area contributed by atoms with Gasteiger partial charge in [-0.2, -0.15) is 4.31 Å². The van der Waals surface area contributed by atoms with Gasteiger partial charge in [-0.25, -0.2) is 8.42 Å². The third-order valence-corrected chi connectivity index (χ3v) is 7.93. The molecule has 2 aromatic rings. The van der Waals surface area contributed by atoms with Crippen LogP contribution in [0.5, 0.6) is 0 Å². The zero-order valence-corrected chi connectivity index (χ0v) is 21.3. The molecular weight excluding hydrogens is 454 g/mol. The Bertz CT molecular complexity index is 1160. The molecule has 0 atom stereocenters. The molecule has 3 rings (SSSR count). The fourth-order valence-corrected chi connectivity index (χ4v) is 5.94. The molecule has 1 aliphatic rings. The number of nitrogens with one attached hydrogen (secondary N) is 1. The third kappa shape index (κ3) is 5.65. The van der Waals surface area contributed by atoms with Crippen LogP contribution < -0.4 is 5.32 Å². The Kier molecular flexibility index (Phi) is 8.12. The average Bonchev–Trinajstić information content (AvgIpc) is 2.81. The van der Waals surface area contributed by atoms with E-state index in [1.165, 1.54) is 22.3 Å². The molecule has 0 radical (unpaired) electrons. The van der Waals surface area contributed by atoms with Gasteiger partial charge >= 0.3 is 0 Å². The van der Waals surface area contributed by atoms with Crippen LogP contribution in [0.3, 0.4) is 0 Å². The largest absolute Gasteiger partial charge is 0.379 e. The number of amides is 2. The highest BCUT2D eigenvalue weighted by atomic mass is 32.2. The Labute approximate surface area is 201 Å². The quantitative estimate of drug-likeness (QED) is 0.648. The van der Waals surface area contributed by atoms with Crippen LogP contribution in [-0.4, -0.2) is 69.3 Å². The Hall–Kier alpha value is -2.75. The monoisotopic (exact) mass is 487 g/mol. The lowest BCUT2D eigenvalue weighted by Crippen LogP contribution is -2.41. The molecule has 9 heteroatoms. The van der Waals surface area contributed by atoms with Gasteiger partial charge in [0.15, 0.2) is 0 Å². The highest BCUT2D eigenvalue weighted by Crippen LogP contribution is 2.25.